The molecule has 2 saturated heterocycles. The summed E-state index contributed by atoms with van der Waals surface area (Å²) in [5.41, 5.74) is 6.39. The number of amides is 4. The van der Waals surface area contributed by atoms with Crippen molar-refractivity contribution >= 4 is 67.1 Å². The molecule has 290 valence electrons. The number of hydrogen-bond donors (Lipinski definition) is 5. The van der Waals surface area contributed by atoms with Crippen molar-refractivity contribution in [2.24, 2.45) is 5.92 Å². The Bertz CT molecular complexity index is 2420. The van der Waals surface area contributed by atoms with Gasteiger partial charge in [0.05, 0.1) is 51.5 Å². The lowest BCUT2D eigenvalue weighted by Crippen LogP contribution is -2.50. The van der Waals surface area contributed by atoms with E-state index in [0.29, 0.717) is 30.3 Å². The second kappa shape index (κ2) is 15.4. The van der Waals surface area contributed by atoms with Crippen LogP contribution < -0.4 is 10.6 Å². The molecular formula is C40H42N8O6S2. The van der Waals surface area contributed by atoms with Crippen LogP contribution in [0, 0.1) is 5.92 Å². The van der Waals surface area contributed by atoms with E-state index in [4.69, 9.17) is 14.7 Å². The van der Waals surface area contributed by atoms with Gasteiger partial charge in [-0.3, -0.25) is 9.59 Å². The molecule has 4 amide bonds. The average Bonchev–Trinajstić information content (AvgIpc) is 4.04. The minimum Gasteiger partial charge on any atom is -0.465 e. The Morgan fingerprint density at radius 2 is 1.55 bits per heavy atom. The Hall–Kier alpha value is -5.74. The van der Waals surface area contributed by atoms with Gasteiger partial charge in [0.1, 0.15) is 23.7 Å². The molecule has 56 heavy (non-hydrogen) atoms. The zero-order valence-electron chi connectivity index (χ0n) is 31.1. The van der Waals surface area contributed by atoms with Gasteiger partial charge in [0.2, 0.25) is 5.91 Å². The van der Waals surface area contributed by atoms with E-state index in [-0.39, 0.29) is 29.8 Å². The lowest BCUT2D eigenvalue weighted by molar-refractivity contribution is -0.135. The molecule has 0 spiro atoms. The monoisotopic (exact) mass is 794 g/mol. The summed E-state index contributed by atoms with van der Waals surface area (Å²) in [6.45, 7) is 4.76. The van der Waals surface area contributed by atoms with Gasteiger partial charge in [0.15, 0.2) is 0 Å². The number of ether oxygens (including phenoxy) is 1. The quantitative estimate of drug-likeness (QED) is 0.0938. The van der Waals surface area contributed by atoms with E-state index >= 15 is 0 Å². The van der Waals surface area contributed by atoms with Crippen molar-refractivity contribution in [2.45, 2.75) is 63.7 Å². The van der Waals surface area contributed by atoms with Crippen LogP contribution in [-0.2, 0) is 14.3 Å². The molecule has 16 heteroatoms. The van der Waals surface area contributed by atoms with E-state index in [9.17, 15) is 24.3 Å². The molecule has 5 N–H and O–H groups in total. The maximum Gasteiger partial charge on any atom is 0.407 e. The third kappa shape index (κ3) is 6.98. The Labute approximate surface area is 330 Å². The van der Waals surface area contributed by atoms with Crippen molar-refractivity contribution in [3.63, 3.8) is 0 Å². The van der Waals surface area contributed by atoms with Gasteiger partial charge in [-0.2, -0.15) is 0 Å². The number of hydrogen-bond acceptors (Lipinski definition) is 9. The second-order valence-corrected chi connectivity index (χ2v) is 16.3. The zero-order chi connectivity index (χ0) is 39.1. The number of methoxy groups -OCH3 is 1. The summed E-state index contributed by atoms with van der Waals surface area (Å²) in [6, 6.07) is 13.1. The van der Waals surface area contributed by atoms with Crippen molar-refractivity contribution in [1.29, 1.82) is 0 Å². The number of likely N-dealkylation sites (tertiary alicyclic amines) is 2. The molecular weight excluding hydrogens is 753 g/mol. The number of rotatable bonds is 10. The van der Waals surface area contributed by atoms with Crippen molar-refractivity contribution in [1.82, 2.24) is 40.4 Å². The van der Waals surface area contributed by atoms with Crippen molar-refractivity contribution in [3.05, 3.63) is 82.7 Å². The molecule has 0 radical (unpaired) electrons. The number of aromatic nitrogens is 4. The first-order chi connectivity index (χ1) is 27.1. The van der Waals surface area contributed by atoms with Crippen molar-refractivity contribution < 1.29 is 29.0 Å². The first kappa shape index (κ1) is 37.2. The number of aromatic amines is 2. The summed E-state index contributed by atoms with van der Waals surface area (Å²) in [5, 5.41) is 18.8. The fraction of sp³-hybridized carbons (Fsp3) is 0.350. The minimum atomic E-state index is -1.22. The first-order valence-corrected chi connectivity index (χ1v) is 20.4. The number of fused-ring (bicyclic) bond motifs is 2. The van der Waals surface area contributed by atoms with Crippen molar-refractivity contribution in [2.75, 3.05) is 20.2 Å². The molecule has 14 nitrogen and oxygen atoms in total. The molecule has 0 saturated carbocycles. The maximum absolute atomic E-state index is 14.0. The van der Waals surface area contributed by atoms with Gasteiger partial charge < -0.3 is 40.2 Å². The van der Waals surface area contributed by atoms with Crippen LogP contribution in [0.4, 0.5) is 9.59 Å². The second-order valence-electron chi connectivity index (χ2n) is 14.5. The predicted molar refractivity (Wildman–Crippen MR) is 214 cm³/mol. The number of imidazole rings is 2. The predicted octanol–water partition coefficient (Wildman–Crippen LogP) is 7.61. The van der Waals surface area contributed by atoms with Crippen LogP contribution in [-0.4, -0.2) is 85.1 Å². The molecule has 4 aromatic heterocycles. The van der Waals surface area contributed by atoms with E-state index in [0.717, 1.165) is 68.5 Å². The van der Waals surface area contributed by atoms with Gasteiger partial charge in [-0.05, 0) is 54.9 Å². The smallest absolute Gasteiger partial charge is 0.407 e. The largest absolute Gasteiger partial charge is 0.465 e. The highest BCUT2D eigenvalue weighted by Crippen LogP contribution is 2.45. The summed E-state index contributed by atoms with van der Waals surface area (Å²) in [7, 11) is 1.28. The molecule has 2 aromatic carbocycles. The molecule has 2 fully saturated rings. The molecule has 6 aromatic rings. The lowest BCUT2D eigenvalue weighted by atomic mass is 10.0. The van der Waals surface area contributed by atoms with Gasteiger partial charge in [-0.25, -0.2) is 19.6 Å². The molecule has 2 aliphatic heterocycles. The Balaban J connectivity index is 1.02. The Morgan fingerprint density at radius 1 is 0.875 bits per heavy atom. The van der Waals surface area contributed by atoms with Gasteiger partial charge >= 0.3 is 12.2 Å². The number of carbonyl (C=O) groups excluding carboxylic acids is 3. The Morgan fingerprint density at radius 3 is 2.25 bits per heavy atom. The van der Waals surface area contributed by atoms with Crippen LogP contribution in [0.1, 0.15) is 74.9 Å². The summed E-state index contributed by atoms with van der Waals surface area (Å²) in [5.74, 6) is 0.753. The van der Waals surface area contributed by atoms with E-state index < -0.39 is 24.3 Å². The SMILES string of the molecule is COC(=O)N[C@@H](C(=O)N1CCCC1c1ncc(-c2csc3c(-c4ccc5nc(C6CCCN6C(=O)[C@H](NC(=O)O)C(C)C)[nH]c5c4)csc23)[nH]1)c1ccccc1. The number of carbonyl (C=O) groups is 4. The normalized spacial score (nSPS) is 18.1. The Kier molecular flexibility index (Phi) is 10.2. The highest BCUT2D eigenvalue weighted by Gasteiger charge is 2.39. The molecule has 0 bridgehead atoms. The van der Waals surface area contributed by atoms with Crippen LogP contribution in [0.15, 0.2) is 65.5 Å². The zero-order valence-corrected chi connectivity index (χ0v) is 32.7. The lowest BCUT2D eigenvalue weighted by Gasteiger charge is -2.29. The molecule has 6 heterocycles. The van der Waals surface area contributed by atoms with Gasteiger partial charge in [-0.1, -0.05) is 50.2 Å². The number of carboxylic acid groups (broad SMARTS) is 1. The van der Waals surface area contributed by atoms with Gasteiger partial charge in [0.25, 0.3) is 5.91 Å². The van der Waals surface area contributed by atoms with Crippen LogP contribution >= 0.6 is 22.7 Å². The third-order valence-corrected chi connectivity index (χ3v) is 12.9. The van der Waals surface area contributed by atoms with E-state index in [2.05, 4.69) is 43.5 Å². The number of thiophene rings is 2. The van der Waals surface area contributed by atoms with Gasteiger partial charge in [0, 0.05) is 35.0 Å². The van der Waals surface area contributed by atoms with E-state index in [1.54, 1.807) is 32.5 Å². The molecule has 2 unspecified atom stereocenters. The number of H-pyrrole nitrogens is 2. The van der Waals surface area contributed by atoms with Crippen LogP contribution in [0.2, 0.25) is 0 Å². The number of benzene rings is 2. The van der Waals surface area contributed by atoms with E-state index in [1.807, 2.05) is 56.4 Å². The fourth-order valence-corrected chi connectivity index (χ4v) is 10.4. The number of nitrogens with zero attached hydrogens (tertiary/aromatic N) is 4. The van der Waals surface area contributed by atoms with Gasteiger partial charge in [-0.15, -0.1) is 22.7 Å². The van der Waals surface area contributed by atoms with Crippen LogP contribution in [0.5, 0.6) is 0 Å². The minimum absolute atomic E-state index is 0.196. The fourth-order valence-electron chi connectivity index (χ4n) is 7.93. The third-order valence-electron chi connectivity index (χ3n) is 10.7. The number of alkyl carbamates (subject to hydrolysis) is 1. The molecule has 0 aliphatic carbocycles. The first-order valence-electron chi connectivity index (χ1n) is 18.6. The molecule has 8 rings (SSSR count). The van der Waals surface area contributed by atoms with E-state index in [1.165, 1.54) is 7.11 Å². The highest BCUT2D eigenvalue weighted by molar-refractivity contribution is 7.27. The summed E-state index contributed by atoms with van der Waals surface area (Å²) >= 11 is 3.33. The summed E-state index contributed by atoms with van der Waals surface area (Å²) < 4.78 is 7.12. The number of nitrogens with one attached hydrogen (secondary N) is 4. The molecule has 2 aliphatic rings. The standard InChI is InChI=1S/C40H42N8O6S2/c1-21(2)31(45-39(51)52)37(49)48-16-8-12-30(48)36-42-26-14-13-23(17-27(26)43-36)24-19-55-34-25(20-56-33(24)34)28-18-41-35(44-28)29-11-7-15-47(29)38(50)32(46-40(53)54-3)22-9-5-4-6-10-22/h4-6,9-10,13-14,17-21,29-32,45H,7-8,11-12,15-16H2,1-3H3,(H,41,44)(H,42,43)(H,46,53)(H,51,52)/t29?,30?,31-,32-/m1/s1. The topological polar surface area (TPSA) is 186 Å². The molecule has 4 atom stereocenters. The van der Waals surface area contributed by atoms with Crippen molar-refractivity contribution in [3.8, 4) is 22.4 Å². The van der Waals surface area contributed by atoms with Crippen LogP contribution in [0.25, 0.3) is 42.8 Å². The van der Waals surface area contributed by atoms with Crippen LogP contribution in [0.3, 0.4) is 0 Å². The summed E-state index contributed by atoms with van der Waals surface area (Å²) in [6.07, 6.45) is 3.04. The average molecular weight is 795 g/mol. The summed E-state index contributed by atoms with van der Waals surface area (Å²) in [4.78, 5) is 71.3. The maximum atomic E-state index is 14.0. The highest BCUT2D eigenvalue weighted by atomic mass is 32.1.